The molecule has 2 rings (SSSR count). The lowest BCUT2D eigenvalue weighted by Crippen LogP contribution is -2.30. The number of phenolic OH excluding ortho intramolecular Hbond substituents is 1. The van der Waals surface area contributed by atoms with E-state index in [1.54, 1.807) is 36.4 Å². The lowest BCUT2D eigenvalue weighted by Gasteiger charge is -2.08. The van der Waals surface area contributed by atoms with Crippen LogP contribution < -0.4 is 10.6 Å². The third kappa shape index (κ3) is 3.98. The summed E-state index contributed by atoms with van der Waals surface area (Å²) >= 11 is 0. The first-order valence-electron chi connectivity index (χ1n) is 6.22. The molecule has 0 radical (unpaired) electrons. The molecule has 5 heteroatoms. The maximum absolute atomic E-state index is 13.3. The minimum atomic E-state index is -0.471. The number of para-hydroxylation sites is 1. The van der Waals surface area contributed by atoms with Gasteiger partial charge < -0.3 is 15.7 Å². The van der Waals surface area contributed by atoms with Gasteiger partial charge >= 0.3 is 6.03 Å². The molecule has 104 valence electrons. The molecule has 0 bridgehead atoms. The van der Waals surface area contributed by atoms with E-state index in [9.17, 15) is 9.18 Å². The average Bonchev–Trinajstić information content (AvgIpc) is 2.44. The summed E-state index contributed by atoms with van der Waals surface area (Å²) in [6.45, 7) is 0.422. The van der Waals surface area contributed by atoms with Crippen molar-refractivity contribution in [2.75, 3.05) is 11.9 Å². The van der Waals surface area contributed by atoms with Crippen molar-refractivity contribution in [3.05, 3.63) is 59.9 Å². The summed E-state index contributed by atoms with van der Waals surface area (Å²) < 4.78 is 13.3. The number of hydrogen-bond donors (Lipinski definition) is 3. The number of hydrogen-bond acceptors (Lipinski definition) is 2. The summed E-state index contributed by atoms with van der Waals surface area (Å²) in [6.07, 6.45) is 0.630. The summed E-state index contributed by atoms with van der Waals surface area (Å²) in [4.78, 5) is 11.6. The number of rotatable bonds is 4. The third-order valence-corrected chi connectivity index (χ3v) is 2.76. The first kappa shape index (κ1) is 13.9. The van der Waals surface area contributed by atoms with Gasteiger partial charge in [-0.15, -0.1) is 0 Å². The molecule has 0 fully saturated rings. The van der Waals surface area contributed by atoms with E-state index in [4.69, 9.17) is 5.11 Å². The highest BCUT2D eigenvalue weighted by Crippen LogP contribution is 2.12. The third-order valence-electron chi connectivity index (χ3n) is 2.76. The number of aromatic hydroxyl groups is 1. The van der Waals surface area contributed by atoms with Gasteiger partial charge in [-0.2, -0.15) is 0 Å². The Hall–Kier alpha value is -2.56. The Balaban J connectivity index is 1.78. The number of amides is 2. The quantitative estimate of drug-likeness (QED) is 0.802. The number of carbonyl (C=O) groups excluding carboxylic acids is 1. The fraction of sp³-hybridized carbons (Fsp3) is 0.133. The highest BCUT2D eigenvalue weighted by Gasteiger charge is 2.05. The molecule has 0 saturated carbocycles. The lowest BCUT2D eigenvalue weighted by atomic mass is 10.1. The SMILES string of the molecule is O=C(NCCc1ccc(O)cc1)Nc1ccccc1F. The molecule has 0 aliphatic carbocycles. The van der Waals surface area contributed by atoms with E-state index in [1.165, 1.54) is 12.1 Å². The van der Waals surface area contributed by atoms with Crippen LogP contribution in [0.2, 0.25) is 0 Å². The molecule has 4 nitrogen and oxygen atoms in total. The summed E-state index contributed by atoms with van der Waals surface area (Å²) in [7, 11) is 0. The van der Waals surface area contributed by atoms with Gasteiger partial charge in [0.1, 0.15) is 11.6 Å². The maximum atomic E-state index is 13.3. The number of carbonyl (C=O) groups is 1. The molecule has 0 atom stereocenters. The van der Waals surface area contributed by atoms with Gasteiger partial charge in [-0.3, -0.25) is 0 Å². The zero-order valence-corrected chi connectivity index (χ0v) is 10.8. The van der Waals surface area contributed by atoms with Crippen LogP contribution in [0.4, 0.5) is 14.9 Å². The second-order valence-electron chi connectivity index (χ2n) is 4.28. The Morgan fingerprint density at radius 2 is 1.80 bits per heavy atom. The van der Waals surface area contributed by atoms with Gasteiger partial charge in [0.2, 0.25) is 0 Å². The second kappa shape index (κ2) is 6.56. The number of benzene rings is 2. The van der Waals surface area contributed by atoms with Crippen molar-refractivity contribution < 1.29 is 14.3 Å². The van der Waals surface area contributed by atoms with Crippen molar-refractivity contribution in [2.45, 2.75) is 6.42 Å². The van der Waals surface area contributed by atoms with E-state index in [-0.39, 0.29) is 11.4 Å². The van der Waals surface area contributed by atoms with Crippen molar-refractivity contribution in [3.63, 3.8) is 0 Å². The number of urea groups is 1. The van der Waals surface area contributed by atoms with Gasteiger partial charge in [0.05, 0.1) is 5.69 Å². The van der Waals surface area contributed by atoms with Crippen LogP contribution in [-0.2, 0) is 6.42 Å². The van der Waals surface area contributed by atoms with E-state index in [0.717, 1.165) is 5.56 Å². The van der Waals surface area contributed by atoms with E-state index in [0.29, 0.717) is 13.0 Å². The summed E-state index contributed by atoms with van der Waals surface area (Å²) in [5.74, 6) is -0.264. The highest BCUT2D eigenvalue weighted by atomic mass is 19.1. The molecule has 20 heavy (non-hydrogen) atoms. The van der Waals surface area contributed by atoms with E-state index in [2.05, 4.69) is 10.6 Å². The zero-order valence-electron chi connectivity index (χ0n) is 10.8. The number of phenols is 1. The highest BCUT2D eigenvalue weighted by molar-refractivity contribution is 5.89. The predicted octanol–water partition coefficient (Wildman–Crippen LogP) is 2.90. The van der Waals surface area contributed by atoms with Crippen LogP contribution in [0.5, 0.6) is 5.75 Å². The smallest absolute Gasteiger partial charge is 0.319 e. The van der Waals surface area contributed by atoms with Gasteiger partial charge in [0, 0.05) is 6.54 Å². The predicted molar refractivity (Wildman–Crippen MR) is 75.2 cm³/mol. The van der Waals surface area contributed by atoms with Crippen LogP contribution in [0.1, 0.15) is 5.56 Å². The second-order valence-corrected chi connectivity index (χ2v) is 4.28. The van der Waals surface area contributed by atoms with Gasteiger partial charge in [0.25, 0.3) is 0 Å². The first-order valence-corrected chi connectivity index (χ1v) is 6.22. The van der Waals surface area contributed by atoms with Gasteiger partial charge in [-0.25, -0.2) is 9.18 Å². The van der Waals surface area contributed by atoms with Crippen molar-refractivity contribution in [3.8, 4) is 5.75 Å². The number of nitrogens with one attached hydrogen (secondary N) is 2. The monoisotopic (exact) mass is 274 g/mol. The largest absolute Gasteiger partial charge is 0.508 e. The Kier molecular flexibility index (Phi) is 4.55. The van der Waals surface area contributed by atoms with E-state index >= 15 is 0 Å². The van der Waals surface area contributed by atoms with Crippen molar-refractivity contribution in [1.29, 1.82) is 0 Å². The summed E-state index contributed by atoms with van der Waals surface area (Å²) in [5.41, 5.74) is 1.14. The topological polar surface area (TPSA) is 61.4 Å². The standard InChI is InChI=1S/C15H15FN2O2/c16-13-3-1-2-4-14(13)18-15(20)17-10-9-11-5-7-12(19)8-6-11/h1-8,19H,9-10H2,(H2,17,18,20). The Morgan fingerprint density at radius 1 is 1.10 bits per heavy atom. The molecule has 0 spiro atoms. The molecule has 0 unspecified atom stereocenters. The van der Waals surface area contributed by atoms with Crippen LogP contribution in [0.25, 0.3) is 0 Å². The minimum Gasteiger partial charge on any atom is -0.508 e. The molecular formula is C15H15FN2O2. The number of halogens is 1. The summed E-state index contributed by atoms with van der Waals surface area (Å²) in [5, 5.41) is 14.2. The fourth-order valence-corrected chi connectivity index (χ4v) is 1.71. The Labute approximate surface area is 116 Å². The van der Waals surface area contributed by atoms with Crippen LogP contribution in [-0.4, -0.2) is 17.7 Å². The molecule has 2 aromatic carbocycles. The molecule has 2 amide bonds. The minimum absolute atomic E-state index is 0.148. The molecule has 3 N–H and O–H groups in total. The number of anilines is 1. The van der Waals surface area contributed by atoms with E-state index < -0.39 is 11.8 Å². The molecule has 2 aromatic rings. The van der Waals surface area contributed by atoms with Crippen molar-refractivity contribution in [2.24, 2.45) is 0 Å². The fourth-order valence-electron chi connectivity index (χ4n) is 1.71. The Morgan fingerprint density at radius 3 is 2.50 bits per heavy atom. The Bertz CT molecular complexity index is 585. The van der Waals surface area contributed by atoms with Crippen molar-refractivity contribution >= 4 is 11.7 Å². The zero-order chi connectivity index (χ0) is 14.4. The molecule has 0 aliphatic heterocycles. The van der Waals surface area contributed by atoms with Crippen LogP contribution >= 0.6 is 0 Å². The van der Waals surface area contributed by atoms with Gasteiger partial charge in [-0.1, -0.05) is 24.3 Å². The van der Waals surface area contributed by atoms with E-state index in [1.807, 2.05) is 0 Å². The lowest BCUT2D eigenvalue weighted by molar-refractivity contribution is 0.252. The van der Waals surface area contributed by atoms with Crippen LogP contribution in [0.3, 0.4) is 0 Å². The molecular weight excluding hydrogens is 259 g/mol. The van der Waals surface area contributed by atoms with Gasteiger partial charge in [0.15, 0.2) is 0 Å². The molecule has 0 heterocycles. The summed E-state index contributed by atoms with van der Waals surface area (Å²) in [6, 6.07) is 12.3. The normalized spacial score (nSPS) is 10.1. The van der Waals surface area contributed by atoms with Crippen molar-refractivity contribution in [1.82, 2.24) is 5.32 Å². The average molecular weight is 274 g/mol. The maximum Gasteiger partial charge on any atom is 0.319 e. The van der Waals surface area contributed by atoms with Crippen LogP contribution in [0.15, 0.2) is 48.5 Å². The molecule has 0 saturated heterocycles. The first-order chi connectivity index (χ1) is 9.65. The van der Waals surface area contributed by atoms with Gasteiger partial charge in [-0.05, 0) is 36.2 Å². The molecule has 0 aromatic heterocycles. The van der Waals surface area contributed by atoms with Crippen LogP contribution in [0, 0.1) is 5.82 Å². The molecule has 0 aliphatic rings.